The Hall–Kier alpha value is -1.99. The summed E-state index contributed by atoms with van der Waals surface area (Å²) in [7, 11) is 0. The van der Waals surface area contributed by atoms with Crippen LogP contribution in [-0.2, 0) is 12.8 Å². The van der Waals surface area contributed by atoms with Crippen molar-refractivity contribution in [3.8, 4) is 6.07 Å². The van der Waals surface area contributed by atoms with Gasteiger partial charge in [0.25, 0.3) is 0 Å². The number of hydrogen-bond donors (Lipinski definition) is 0. The first-order chi connectivity index (χ1) is 10.3. The van der Waals surface area contributed by atoms with Gasteiger partial charge in [-0.2, -0.15) is 5.26 Å². The number of imidazole rings is 1. The van der Waals surface area contributed by atoms with Gasteiger partial charge in [0.2, 0.25) is 0 Å². The molecule has 0 aliphatic heterocycles. The standard InChI is InChI=1S/C17H15N3S/c1-21-16-11-6-2-4-8-14(11)20-15-9-5-3-7-13(15)19-17(20)12(16)10-18/h3,5,7,9H,2,4,6,8H2,1H3. The fourth-order valence-corrected chi connectivity index (χ4v) is 4.23. The minimum Gasteiger partial charge on any atom is -0.295 e. The van der Waals surface area contributed by atoms with Gasteiger partial charge in [0.15, 0.2) is 5.65 Å². The highest BCUT2D eigenvalue weighted by Crippen LogP contribution is 2.36. The lowest BCUT2D eigenvalue weighted by Gasteiger charge is -2.21. The predicted octanol–water partition coefficient (Wildman–Crippen LogP) is 3.96. The Balaban J connectivity index is 2.27. The van der Waals surface area contributed by atoms with Crippen molar-refractivity contribution in [3.63, 3.8) is 0 Å². The summed E-state index contributed by atoms with van der Waals surface area (Å²) in [6.45, 7) is 0. The summed E-state index contributed by atoms with van der Waals surface area (Å²) < 4.78 is 2.22. The number of aromatic nitrogens is 2. The van der Waals surface area contributed by atoms with E-state index >= 15 is 0 Å². The summed E-state index contributed by atoms with van der Waals surface area (Å²) in [5.74, 6) is 0. The van der Waals surface area contributed by atoms with Crippen molar-refractivity contribution < 1.29 is 0 Å². The first kappa shape index (κ1) is 12.7. The Kier molecular flexibility index (Phi) is 2.90. The molecule has 21 heavy (non-hydrogen) atoms. The molecule has 1 aliphatic rings. The zero-order chi connectivity index (χ0) is 14.4. The molecule has 0 saturated carbocycles. The normalized spacial score (nSPS) is 14.3. The maximum atomic E-state index is 9.66. The molecular weight excluding hydrogens is 278 g/mol. The Morgan fingerprint density at radius 2 is 2.05 bits per heavy atom. The van der Waals surface area contributed by atoms with Gasteiger partial charge in [0.1, 0.15) is 11.6 Å². The SMILES string of the molecule is CSc1c2c(n3c(nc4ccccc43)c1C#N)CCCC2. The van der Waals surface area contributed by atoms with Crippen LogP contribution in [0.25, 0.3) is 16.7 Å². The highest BCUT2D eigenvalue weighted by atomic mass is 32.2. The molecular formula is C17H15N3S. The van der Waals surface area contributed by atoms with Gasteiger partial charge >= 0.3 is 0 Å². The molecule has 104 valence electrons. The number of thioether (sulfide) groups is 1. The van der Waals surface area contributed by atoms with E-state index in [0.29, 0.717) is 0 Å². The fraction of sp³-hybridized carbons (Fsp3) is 0.294. The number of benzene rings is 1. The molecule has 3 aromatic rings. The molecule has 0 amide bonds. The van der Waals surface area contributed by atoms with Crippen LogP contribution in [0.2, 0.25) is 0 Å². The molecule has 0 N–H and O–H groups in total. The molecule has 0 bridgehead atoms. The third-order valence-corrected chi connectivity index (χ3v) is 5.17. The van der Waals surface area contributed by atoms with E-state index in [1.807, 2.05) is 18.2 Å². The van der Waals surface area contributed by atoms with Gasteiger partial charge in [-0.1, -0.05) is 12.1 Å². The number of nitriles is 1. The van der Waals surface area contributed by atoms with E-state index in [-0.39, 0.29) is 0 Å². The Morgan fingerprint density at radius 1 is 1.24 bits per heavy atom. The van der Waals surface area contributed by atoms with E-state index in [1.54, 1.807) is 11.8 Å². The van der Waals surface area contributed by atoms with Crippen LogP contribution in [0.4, 0.5) is 0 Å². The lowest BCUT2D eigenvalue weighted by molar-refractivity contribution is 0.652. The summed E-state index contributed by atoms with van der Waals surface area (Å²) in [4.78, 5) is 5.86. The van der Waals surface area contributed by atoms with E-state index < -0.39 is 0 Å². The Bertz CT molecular complexity index is 902. The maximum absolute atomic E-state index is 9.66. The smallest absolute Gasteiger partial charge is 0.157 e. The molecule has 2 aromatic heterocycles. The highest BCUT2D eigenvalue weighted by molar-refractivity contribution is 7.98. The summed E-state index contributed by atoms with van der Waals surface area (Å²) in [6.07, 6.45) is 6.64. The average molecular weight is 293 g/mol. The molecule has 0 spiro atoms. The van der Waals surface area contributed by atoms with E-state index in [1.165, 1.54) is 24.1 Å². The number of hydrogen-bond acceptors (Lipinski definition) is 3. The number of pyridine rings is 1. The van der Waals surface area contributed by atoms with Gasteiger partial charge in [-0.05, 0) is 49.6 Å². The Morgan fingerprint density at radius 3 is 2.86 bits per heavy atom. The van der Waals surface area contributed by atoms with E-state index in [0.717, 1.165) is 40.0 Å². The lowest BCUT2D eigenvalue weighted by atomic mass is 9.94. The molecule has 4 rings (SSSR count). The number of nitrogens with zero attached hydrogens (tertiary/aromatic N) is 3. The molecule has 4 heteroatoms. The first-order valence-electron chi connectivity index (χ1n) is 7.24. The third kappa shape index (κ3) is 1.71. The van der Waals surface area contributed by atoms with Crippen LogP contribution in [0.1, 0.15) is 29.7 Å². The van der Waals surface area contributed by atoms with Crippen molar-refractivity contribution in [1.82, 2.24) is 9.38 Å². The molecule has 1 aromatic carbocycles. The van der Waals surface area contributed by atoms with Crippen LogP contribution in [0.5, 0.6) is 0 Å². The van der Waals surface area contributed by atoms with Crippen molar-refractivity contribution in [1.29, 1.82) is 5.26 Å². The summed E-state index contributed by atoms with van der Waals surface area (Å²) in [5.41, 5.74) is 6.37. The van der Waals surface area contributed by atoms with Gasteiger partial charge in [0.05, 0.1) is 11.0 Å². The van der Waals surface area contributed by atoms with E-state index in [4.69, 9.17) is 4.98 Å². The maximum Gasteiger partial charge on any atom is 0.157 e. The molecule has 2 heterocycles. The molecule has 0 radical (unpaired) electrons. The van der Waals surface area contributed by atoms with Crippen LogP contribution in [0.15, 0.2) is 29.2 Å². The average Bonchev–Trinajstić information content (AvgIpc) is 2.92. The van der Waals surface area contributed by atoms with Crippen molar-refractivity contribution in [2.24, 2.45) is 0 Å². The quantitative estimate of drug-likeness (QED) is 0.638. The topological polar surface area (TPSA) is 41.1 Å². The molecule has 0 saturated heterocycles. The number of aryl methyl sites for hydroxylation is 1. The summed E-state index contributed by atoms with van der Waals surface area (Å²) >= 11 is 1.68. The molecule has 1 aliphatic carbocycles. The van der Waals surface area contributed by atoms with Gasteiger partial charge < -0.3 is 0 Å². The van der Waals surface area contributed by atoms with Crippen LogP contribution < -0.4 is 0 Å². The van der Waals surface area contributed by atoms with Gasteiger partial charge in [-0.25, -0.2) is 4.98 Å². The van der Waals surface area contributed by atoms with Gasteiger partial charge in [-0.15, -0.1) is 11.8 Å². The van der Waals surface area contributed by atoms with Crippen molar-refractivity contribution in [3.05, 3.63) is 41.1 Å². The predicted molar refractivity (Wildman–Crippen MR) is 85.8 cm³/mol. The second-order valence-corrected chi connectivity index (χ2v) is 6.23. The zero-order valence-corrected chi connectivity index (χ0v) is 12.7. The van der Waals surface area contributed by atoms with Gasteiger partial charge in [0, 0.05) is 10.6 Å². The first-order valence-corrected chi connectivity index (χ1v) is 8.46. The highest BCUT2D eigenvalue weighted by Gasteiger charge is 2.23. The van der Waals surface area contributed by atoms with Crippen molar-refractivity contribution >= 4 is 28.4 Å². The fourth-order valence-electron chi connectivity index (χ4n) is 3.43. The van der Waals surface area contributed by atoms with E-state index in [9.17, 15) is 5.26 Å². The van der Waals surface area contributed by atoms with Crippen LogP contribution >= 0.6 is 11.8 Å². The van der Waals surface area contributed by atoms with Crippen molar-refractivity contribution in [2.45, 2.75) is 30.6 Å². The van der Waals surface area contributed by atoms with Gasteiger partial charge in [-0.3, -0.25) is 4.40 Å². The molecule has 3 nitrogen and oxygen atoms in total. The second kappa shape index (κ2) is 4.78. The number of fused-ring (bicyclic) bond motifs is 5. The molecule has 0 fully saturated rings. The number of rotatable bonds is 1. The van der Waals surface area contributed by atoms with Crippen molar-refractivity contribution in [2.75, 3.05) is 6.26 Å². The largest absolute Gasteiger partial charge is 0.295 e. The zero-order valence-electron chi connectivity index (χ0n) is 11.9. The molecule has 0 unspecified atom stereocenters. The van der Waals surface area contributed by atoms with Crippen LogP contribution in [0, 0.1) is 11.3 Å². The lowest BCUT2D eigenvalue weighted by Crippen LogP contribution is -2.12. The Labute approximate surface area is 127 Å². The number of para-hydroxylation sites is 2. The minimum absolute atomic E-state index is 0.736. The molecule has 0 atom stereocenters. The third-order valence-electron chi connectivity index (χ3n) is 4.31. The second-order valence-electron chi connectivity index (χ2n) is 5.41. The van der Waals surface area contributed by atoms with E-state index in [2.05, 4.69) is 22.8 Å². The minimum atomic E-state index is 0.736. The summed E-state index contributed by atoms with van der Waals surface area (Å²) in [5, 5.41) is 9.66. The summed E-state index contributed by atoms with van der Waals surface area (Å²) in [6, 6.07) is 10.6. The van der Waals surface area contributed by atoms with Crippen LogP contribution in [0.3, 0.4) is 0 Å². The van der Waals surface area contributed by atoms with Crippen LogP contribution in [-0.4, -0.2) is 15.6 Å². The monoisotopic (exact) mass is 293 g/mol.